The number of nitrogens with zero attached hydrogens (tertiary/aromatic N) is 2. The third kappa shape index (κ3) is 6.44. The van der Waals surface area contributed by atoms with Crippen LogP contribution >= 0.6 is 35.7 Å². The number of hydrogen-bond acceptors (Lipinski definition) is 11. The lowest BCUT2D eigenvalue weighted by molar-refractivity contribution is -0.273. The van der Waals surface area contributed by atoms with Crippen molar-refractivity contribution in [3.05, 3.63) is 16.8 Å². The highest BCUT2D eigenvalue weighted by Crippen LogP contribution is 2.66. The number of nitrogens with two attached hydrogens (primary N) is 1. The zero-order valence-electron chi connectivity index (χ0n) is 15.7. The first-order chi connectivity index (χ1) is 15.1. The molecule has 6 atom stereocenters. The average Bonchev–Trinajstić information content (AvgIpc) is 2.85. The Labute approximate surface area is 189 Å². The van der Waals surface area contributed by atoms with Crippen molar-refractivity contribution < 1.29 is 78.2 Å². The molecule has 0 aliphatic carbocycles. The van der Waals surface area contributed by atoms with Gasteiger partial charge in [0.05, 0.1) is 6.61 Å². The van der Waals surface area contributed by atoms with Gasteiger partial charge in [-0.15, -0.1) is 0 Å². The number of aliphatic hydroxyl groups excluding tert-OH is 1. The number of aliphatic hydroxyl groups is 1. The zero-order chi connectivity index (χ0) is 26.5. The Balaban J connectivity index is 2.32. The minimum absolute atomic E-state index is 0.0164. The molecule has 0 spiro atoms. The van der Waals surface area contributed by atoms with E-state index in [4.69, 9.17) is 20.4 Å². The quantitative estimate of drug-likeness (QED) is 0.143. The van der Waals surface area contributed by atoms with Crippen molar-refractivity contribution >= 4 is 41.5 Å². The van der Waals surface area contributed by atoms with Crippen molar-refractivity contribution in [3.63, 3.8) is 0 Å². The molecule has 1 aromatic heterocycles. The SMILES string of the molecule is Nc1nc(=S)n([C@@H]2O[C@H](COP(=O)(O)OP(=O)(O)OP(=O)(O)O)[C@H](O)C2(F)C(F)(F)F)cc1F. The molecule has 0 amide bonds. The van der Waals surface area contributed by atoms with Crippen LogP contribution in [0, 0.1) is 10.6 Å². The van der Waals surface area contributed by atoms with Crippen LogP contribution < -0.4 is 5.73 Å². The molecule has 0 bridgehead atoms. The molecule has 3 unspecified atom stereocenters. The zero-order valence-corrected chi connectivity index (χ0v) is 19.2. The van der Waals surface area contributed by atoms with E-state index in [0.717, 1.165) is 0 Å². The van der Waals surface area contributed by atoms with E-state index in [-0.39, 0.29) is 10.8 Å². The van der Waals surface area contributed by atoms with Crippen LogP contribution in [0.25, 0.3) is 0 Å². The number of halogens is 5. The summed E-state index contributed by atoms with van der Waals surface area (Å²) in [6.07, 6.45) is -14.4. The lowest BCUT2D eigenvalue weighted by atomic mass is 9.95. The van der Waals surface area contributed by atoms with Crippen LogP contribution in [0.2, 0.25) is 0 Å². The van der Waals surface area contributed by atoms with Crippen LogP contribution in [0.1, 0.15) is 6.23 Å². The summed E-state index contributed by atoms with van der Waals surface area (Å²) < 4.78 is 118. The standard InChI is InChI=1S/C10H13F5N3O12P3S/c11-3-1-18(8(34)17-6(3)16)7-9(12,10(13,14)15)5(19)4(28-7)2-27-32(23,24)30-33(25,26)29-31(20,21)22/h1,4-5,7,19H,2H2,(H,23,24)(H,25,26)(H2,16,17,34)(H2,20,21,22)/t4-,5+,7-,9?/m1/s1. The van der Waals surface area contributed by atoms with E-state index in [2.05, 4.69) is 35.1 Å². The molecule has 1 aliphatic rings. The lowest BCUT2D eigenvalue weighted by Crippen LogP contribution is -2.54. The Morgan fingerprint density at radius 1 is 1.21 bits per heavy atom. The first-order valence-corrected chi connectivity index (χ1v) is 12.9. The van der Waals surface area contributed by atoms with Gasteiger partial charge in [-0.05, 0) is 12.2 Å². The van der Waals surface area contributed by atoms with E-state index in [0.29, 0.717) is 0 Å². The number of phosphoric acid groups is 3. The average molecular weight is 587 g/mol. The summed E-state index contributed by atoms with van der Waals surface area (Å²) in [7, 11) is -17.6. The number of anilines is 1. The van der Waals surface area contributed by atoms with E-state index in [1.807, 2.05) is 0 Å². The summed E-state index contributed by atoms with van der Waals surface area (Å²) in [5, 5.41) is 9.94. The van der Waals surface area contributed by atoms with Gasteiger partial charge in [0, 0.05) is 6.20 Å². The predicted molar refractivity (Wildman–Crippen MR) is 97.1 cm³/mol. The molecule has 24 heteroatoms. The molecule has 0 saturated carbocycles. The van der Waals surface area contributed by atoms with Gasteiger partial charge in [0.2, 0.25) is 4.77 Å². The van der Waals surface area contributed by atoms with Gasteiger partial charge < -0.3 is 35.2 Å². The van der Waals surface area contributed by atoms with Crippen LogP contribution in [0.3, 0.4) is 0 Å². The molecular formula is C10H13F5N3O12P3S. The van der Waals surface area contributed by atoms with Gasteiger partial charge in [0.15, 0.2) is 17.9 Å². The van der Waals surface area contributed by atoms with Gasteiger partial charge in [-0.2, -0.15) is 26.8 Å². The van der Waals surface area contributed by atoms with Crippen molar-refractivity contribution in [2.75, 3.05) is 12.3 Å². The Bertz CT molecular complexity index is 1150. The number of rotatable bonds is 8. The number of nitrogen functional groups attached to an aromatic ring is 1. The number of aromatic nitrogens is 2. The third-order valence-corrected chi connectivity index (χ3v) is 7.99. The highest BCUT2D eigenvalue weighted by atomic mass is 32.1. The summed E-state index contributed by atoms with van der Waals surface area (Å²) in [4.78, 5) is 38.5. The minimum Gasteiger partial charge on any atom is -0.386 e. The largest absolute Gasteiger partial charge is 0.490 e. The molecule has 1 aromatic rings. The first-order valence-electron chi connectivity index (χ1n) is 8.01. The van der Waals surface area contributed by atoms with E-state index < -0.39 is 76.8 Å². The molecule has 1 saturated heterocycles. The molecule has 34 heavy (non-hydrogen) atoms. The van der Waals surface area contributed by atoms with Crippen molar-refractivity contribution in [2.24, 2.45) is 0 Å². The monoisotopic (exact) mass is 587 g/mol. The van der Waals surface area contributed by atoms with Crippen LogP contribution in [-0.2, 0) is 31.6 Å². The first kappa shape index (κ1) is 29.3. The smallest absolute Gasteiger partial charge is 0.386 e. The number of phosphoric ester groups is 1. The molecule has 15 nitrogen and oxygen atoms in total. The molecule has 1 fully saturated rings. The molecular weight excluding hydrogens is 574 g/mol. The number of alkyl halides is 4. The Morgan fingerprint density at radius 2 is 1.76 bits per heavy atom. The maximum atomic E-state index is 15.1. The van der Waals surface area contributed by atoms with Gasteiger partial charge >= 0.3 is 29.6 Å². The second-order valence-corrected chi connectivity index (χ2v) is 11.1. The fourth-order valence-corrected chi connectivity index (χ4v) is 5.83. The lowest BCUT2D eigenvalue weighted by Gasteiger charge is -2.31. The van der Waals surface area contributed by atoms with E-state index >= 15 is 4.39 Å². The summed E-state index contributed by atoms with van der Waals surface area (Å²) in [5.41, 5.74) is 0.377. The molecule has 2 rings (SSSR count). The van der Waals surface area contributed by atoms with Crippen molar-refractivity contribution in [2.45, 2.75) is 30.3 Å². The molecule has 0 aromatic carbocycles. The molecule has 1 aliphatic heterocycles. The Morgan fingerprint density at radius 3 is 2.26 bits per heavy atom. The van der Waals surface area contributed by atoms with Crippen LogP contribution in [0.15, 0.2) is 6.20 Å². The Kier molecular flexibility index (Phi) is 8.20. The van der Waals surface area contributed by atoms with Crippen molar-refractivity contribution in [3.8, 4) is 0 Å². The number of hydrogen-bond donors (Lipinski definition) is 6. The highest BCUT2D eigenvalue weighted by Gasteiger charge is 2.73. The summed E-state index contributed by atoms with van der Waals surface area (Å²) in [6, 6.07) is 0. The molecule has 0 radical (unpaired) electrons. The topological polar surface area (TPSA) is 233 Å². The van der Waals surface area contributed by atoms with Gasteiger partial charge in [-0.3, -0.25) is 9.09 Å². The normalized spacial score (nSPS) is 29.5. The van der Waals surface area contributed by atoms with Crippen molar-refractivity contribution in [1.82, 2.24) is 9.55 Å². The van der Waals surface area contributed by atoms with Gasteiger partial charge in [0.25, 0.3) is 5.67 Å². The summed E-state index contributed by atoms with van der Waals surface area (Å²) in [5.74, 6) is -2.31. The van der Waals surface area contributed by atoms with E-state index in [9.17, 15) is 41.3 Å². The highest BCUT2D eigenvalue weighted by molar-refractivity contribution is 7.71. The molecule has 7 N–H and O–H groups in total. The van der Waals surface area contributed by atoms with Gasteiger partial charge in [-0.1, -0.05) is 0 Å². The van der Waals surface area contributed by atoms with Crippen LogP contribution in [0.5, 0.6) is 0 Å². The predicted octanol–water partition coefficient (Wildman–Crippen LogP) is 1.21. The van der Waals surface area contributed by atoms with Gasteiger partial charge in [-0.25, -0.2) is 22.5 Å². The second kappa shape index (κ2) is 9.51. The summed E-state index contributed by atoms with van der Waals surface area (Å²) in [6.45, 7) is -1.65. The Hall–Kier alpha value is -0.920. The maximum Gasteiger partial charge on any atom is 0.490 e. The number of ether oxygens (including phenoxy) is 1. The minimum atomic E-state index is -5.98. The maximum absolute atomic E-state index is 15.1. The van der Waals surface area contributed by atoms with E-state index in [1.165, 1.54) is 0 Å². The van der Waals surface area contributed by atoms with Crippen molar-refractivity contribution in [1.29, 1.82) is 0 Å². The third-order valence-electron chi connectivity index (χ3n) is 3.88. The fourth-order valence-electron chi connectivity index (χ4n) is 2.56. The summed E-state index contributed by atoms with van der Waals surface area (Å²) >= 11 is 4.60. The van der Waals surface area contributed by atoms with Crippen LogP contribution in [0.4, 0.5) is 27.8 Å². The molecule has 196 valence electrons. The molecule has 2 heterocycles. The fraction of sp³-hybridized carbons (Fsp3) is 0.600. The van der Waals surface area contributed by atoms with E-state index in [1.54, 1.807) is 0 Å². The second-order valence-electron chi connectivity index (χ2n) is 6.29. The van der Waals surface area contributed by atoms with Crippen LogP contribution in [-0.4, -0.2) is 64.9 Å². The van der Waals surface area contributed by atoms with Gasteiger partial charge in [0.1, 0.15) is 12.2 Å².